The zero-order valence-electron chi connectivity index (χ0n) is 30.2. The summed E-state index contributed by atoms with van der Waals surface area (Å²) in [6, 6.07) is 5.49. The molecule has 2 aliphatic carbocycles. The smallest absolute Gasteiger partial charge is 0.332 e. The van der Waals surface area contributed by atoms with Gasteiger partial charge in [0.1, 0.15) is 23.7 Å². The summed E-state index contributed by atoms with van der Waals surface area (Å²) >= 11 is 0. The maximum absolute atomic E-state index is 14.4. The number of ether oxygens (including phenoxy) is 1. The van der Waals surface area contributed by atoms with E-state index in [0.717, 1.165) is 24.8 Å². The van der Waals surface area contributed by atoms with Crippen molar-refractivity contribution in [3.63, 3.8) is 0 Å². The number of benzene rings is 1. The SMILES string of the molecule is C=CC(OC(=O)C1(NC(=O)N[C@H](C(=O)N2CCC(C(C)C)[C@H]2C(=O)NC(CC2CC2)C(=O)C(N)=O)C(C)(C)C)CCCCC1)c1ccccc1. The summed E-state index contributed by atoms with van der Waals surface area (Å²) < 4.78 is 5.92. The van der Waals surface area contributed by atoms with Gasteiger partial charge < -0.3 is 31.3 Å². The summed E-state index contributed by atoms with van der Waals surface area (Å²) in [4.78, 5) is 82.0. The molecule has 2 saturated carbocycles. The number of Topliss-reactive ketones (excluding diaryl/α,β-unsaturated/α-hetero) is 1. The van der Waals surface area contributed by atoms with Crippen molar-refractivity contribution >= 4 is 35.5 Å². The quantitative estimate of drug-likeness (QED) is 0.129. The van der Waals surface area contributed by atoms with E-state index in [4.69, 9.17) is 10.5 Å². The monoisotopic (exact) mass is 693 g/mol. The van der Waals surface area contributed by atoms with Gasteiger partial charge in [0, 0.05) is 6.54 Å². The van der Waals surface area contributed by atoms with Crippen molar-refractivity contribution in [3.05, 3.63) is 48.6 Å². The molecule has 0 aromatic heterocycles. The van der Waals surface area contributed by atoms with Crippen LogP contribution in [-0.2, 0) is 28.7 Å². The summed E-state index contributed by atoms with van der Waals surface area (Å²) in [5, 5.41) is 8.52. The number of nitrogens with one attached hydrogen (secondary N) is 3. The molecule has 3 unspecified atom stereocenters. The molecular formula is C38H55N5O7. The molecule has 1 aromatic carbocycles. The third kappa shape index (κ3) is 9.31. The van der Waals surface area contributed by atoms with Gasteiger partial charge in [-0.15, -0.1) is 0 Å². The molecule has 4 rings (SSSR count). The molecule has 0 spiro atoms. The van der Waals surface area contributed by atoms with Crippen molar-refractivity contribution in [2.75, 3.05) is 6.54 Å². The Balaban J connectivity index is 1.54. The van der Waals surface area contributed by atoms with Crippen molar-refractivity contribution in [2.24, 2.45) is 28.9 Å². The second kappa shape index (κ2) is 16.2. The van der Waals surface area contributed by atoms with Gasteiger partial charge in [-0.05, 0) is 60.5 Å². The maximum atomic E-state index is 14.4. The molecule has 50 heavy (non-hydrogen) atoms. The second-order valence-corrected chi connectivity index (χ2v) is 15.7. The minimum Gasteiger partial charge on any atom is -0.451 e. The number of carbonyl (C=O) groups is 6. The number of rotatable bonds is 14. The number of carbonyl (C=O) groups excluding carboxylic acids is 6. The Morgan fingerprint density at radius 2 is 1.64 bits per heavy atom. The highest BCUT2D eigenvalue weighted by molar-refractivity contribution is 6.37. The van der Waals surface area contributed by atoms with E-state index in [2.05, 4.69) is 22.5 Å². The third-order valence-electron chi connectivity index (χ3n) is 10.4. The van der Waals surface area contributed by atoms with Crippen molar-refractivity contribution in [1.29, 1.82) is 0 Å². The molecule has 12 heteroatoms. The molecule has 5 atom stereocenters. The van der Waals surface area contributed by atoms with Crippen LogP contribution in [0.15, 0.2) is 43.0 Å². The molecule has 1 saturated heterocycles. The Hall–Kier alpha value is -4.22. The van der Waals surface area contributed by atoms with Crippen LogP contribution in [0.3, 0.4) is 0 Å². The van der Waals surface area contributed by atoms with E-state index < -0.39 is 70.7 Å². The topological polar surface area (TPSA) is 177 Å². The van der Waals surface area contributed by atoms with E-state index >= 15 is 0 Å². The number of urea groups is 1. The first-order valence-electron chi connectivity index (χ1n) is 18.0. The van der Waals surface area contributed by atoms with Gasteiger partial charge in [0.2, 0.25) is 17.6 Å². The molecule has 5 amide bonds. The minimum atomic E-state index is -1.30. The van der Waals surface area contributed by atoms with Crippen molar-refractivity contribution in [2.45, 2.75) is 122 Å². The fourth-order valence-electron chi connectivity index (χ4n) is 7.30. The van der Waals surface area contributed by atoms with Crippen LogP contribution in [0.4, 0.5) is 4.79 Å². The Morgan fingerprint density at radius 3 is 2.18 bits per heavy atom. The van der Waals surface area contributed by atoms with Crippen LogP contribution in [0.1, 0.15) is 104 Å². The number of esters is 1. The van der Waals surface area contributed by atoms with E-state index in [1.54, 1.807) is 6.08 Å². The summed E-state index contributed by atoms with van der Waals surface area (Å²) in [6.07, 6.45) is 6.60. The number of likely N-dealkylation sites (tertiary alicyclic amines) is 1. The number of amides is 5. The first kappa shape index (κ1) is 38.6. The lowest BCUT2D eigenvalue weighted by atomic mass is 9.81. The predicted molar refractivity (Wildman–Crippen MR) is 188 cm³/mol. The molecule has 12 nitrogen and oxygen atoms in total. The van der Waals surface area contributed by atoms with E-state index in [-0.39, 0.29) is 24.3 Å². The predicted octanol–water partition coefficient (Wildman–Crippen LogP) is 4.09. The highest BCUT2D eigenvalue weighted by atomic mass is 16.5. The van der Waals surface area contributed by atoms with Crippen LogP contribution in [-0.4, -0.2) is 70.6 Å². The van der Waals surface area contributed by atoms with E-state index in [9.17, 15) is 28.8 Å². The number of hydrogen-bond donors (Lipinski definition) is 4. The average molecular weight is 694 g/mol. The summed E-state index contributed by atoms with van der Waals surface area (Å²) in [7, 11) is 0. The van der Waals surface area contributed by atoms with Gasteiger partial charge in [-0.25, -0.2) is 9.59 Å². The molecule has 5 N–H and O–H groups in total. The van der Waals surface area contributed by atoms with Crippen LogP contribution >= 0.6 is 0 Å². The largest absolute Gasteiger partial charge is 0.451 e. The van der Waals surface area contributed by atoms with Crippen LogP contribution in [0.2, 0.25) is 0 Å². The Morgan fingerprint density at radius 1 is 1.00 bits per heavy atom. The van der Waals surface area contributed by atoms with Crippen molar-refractivity contribution in [1.82, 2.24) is 20.9 Å². The van der Waals surface area contributed by atoms with Gasteiger partial charge in [0.15, 0.2) is 0 Å². The lowest BCUT2D eigenvalue weighted by Gasteiger charge is -2.39. The van der Waals surface area contributed by atoms with E-state index in [1.807, 2.05) is 65.0 Å². The fraction of sp³-hybridized carbons (Fsp3) is 0.632. The Labute approximate surface area is 295 Å². The van der Waals surface area contributed by atoms with Crippen LogP contribution in [0.5, 0.6) is 0 Å². The lowest BCUT2D eigenvalue weighted by molar-refractivity contribution is -0.156. The number of nitrogens with zero attached hydrogens (tertiary/aromatic N) is 1. The normalized spacial score (nSPS) is 22.1. The average Bonchev–Trinajstić information content (AvgIpc) is 3.78. The van der Waals surface area contributed by atoms with Crippen LogP contribution in [0.25, 0.3) is 0 Å². The number of hydrogen-bond acceptors (Lipinski definition) is 7. The van der Waals surface area contributed by atoms with E-state index in [0.29, 0.717) is 38.5 Å². The van der Waals surface area contributed by atoms with Gasteiger partial charge in [-0.3, -0.25) is 19.2 Å². The molecule has 3 aliphatic rings. The number of primary amides is 1. The molecule has 0 bridgehead atoms. The van der Waals surface area contributed by atoms with Gasteiger partial charge >= 0.3 is 12.0 Å². The molecule has 0 radical (unpaired) electrons. The zero-order valence-corrected chi connectivity index (χ0v) is 30.2. The molecule has 1 aliphatic heterocycles. The van der Waals surface area contributed by atoms with Gasteiger partial charge in [0.05, 0.1) is 6.04 Å². The first-order chi connectivity index (χ1) is 23.6. The zero-order chi connectivity index (χ0) is 36.8. The summed E-state index contributed by atoms with van der Waals surface area (Å²) in [5.41, 5.74) is 3.98. The van der Waals surface area contributed by atoms with Crippen LogP contribution in [0, 0.1) is 23.2 Å². The molecule has 1 heterocycles. The van der Waals surface area contributed by atoms with Gasteiger partial charge in [0.25, 0.3) is 5.91 Å². The highest BCUT2D eigenvalue weighted by Crippen LogP contribution is 2.36. The maximum Gasteiger partial charge on any atom is 0.332 e. The van der Waals surface area contributed by atoms with E-state index in [1.165, 1.54) is 4.90 Å². The molecule has 274 valence electrons. The highest BCUT2D eigenvalue weighted by Gasteiger charge is 2.49. The lowest BCUT2D eigenvalue weighted by Crippen LogP contribution is -2.64. The first-order valence-corrected chi connectivity index (χ1v) is 18.0. The molecule has 1 aromatic rings. The fourth-order valence-corrected chi connectivity index (χ4v) is 7.30. The summed E-state index contributed by atoms with van der Waals surface area (Å²) in [5.74, 6) is -3.48. The third-order valence-corrected chi connectivity index (χ3v) is 10.4. The van der Waals surface area contributed by atoms with Gasteiger partial charge in [-0.2, -0.15) is 0 Å². The number of ketones is 1. The Bertz CT molecular complexity index is 1430. The second-order valence-electron chi connectivity index (χ2n) is 15.7. The standard InChI is InChI=1S/C38H55N5O7/c1-7-28(25-14-10-8-11-15-25)50-35(48)38(19-12-9-13-20-38)42-36(49)41-31(37(4,5)6)34(47)43-21-18-26(23(2)3)29(43)33(46)40-27(22-24-16-17-24)30(44)32(39)45/h7-8,10-11,14-15,23-24,26-29,31H,1,9,12-13,16-22H2,2-6H3,(H2,39,45)(H,40,46)(H2,41,42,49)/t26?,27?,28?,29-,31+/m0/s1. The number of nitrogens with two attached hydrogens (primary N) is 1. The minimum absolute atomic E-state index is 0.0223. The summed E-state index contributed by atoms with van der Waals surface area (Å²) in [6.45, 7) is 13.5. The van der Waals surface area contributed by atoms with Gasteiger partial charge in [-0.1, -0.05) is 104 Å². The van der Waals surface area contributed by atoms with Crippen LogP contribution < -0.4 is 21.7 Å². The molecule has 3 fully saturated rings. The molecular weight excluding hydrogens is 638 g/mol. The van der Waals surface area contributed by atoms with Crippen molar-refractivity contribution < 1.29 is 33.5 Å². The van der Waals surface area contributed by atoms with Crippen molar-refractivity contribution in [3.8, 4) is 0 Å². The Kier molecular flexibility index (Phi) is 12.5.